The molecule has 1 N–H and O–H groups in total. The molecule has 4 rings (SSSR count). The number of ether oxygens (including phenoxy) is 1. The van der Waals surface area contributed by atoms with Crippen LogP contribution in [0.2, 0.25) is 0 Å². The van der Waals surface area contributed by atoms with Gasteiger partial charge >= 0.3 is 5.97 Å². The highest BCUT2D eigenvalue weighted by Gasteiger charge is 2.32. The number of amides is 2. The first-order valence-corrected chi connectivity index (χ1v) is 13.9. The lowest BCUT2D eigenvalue weighted by molar-refractivity contribution is -0.122. The molecule has 0 bridgehead atoms. The molecule has 0 spiro atoms. The Bertz CT molecular complexity index is 1490. The Labute approximate surface area is 238 Å². The molecule has 6 nitrogen and oxygen atoms in total. The molecule has 3 aromatic rings. The van der Waals surface area contributed by atoms with Crippen molar-refractivity contribution < 1.29 is 27.9 Å². The van der Waals surface area contributed by atoms with E-state index in [-0.39, 0.29) is 24.8 Å². The van der Waals surface area contributed by atoms with Gasteiger partial charge in [0.15, 0.2) is 11.6 Å². The van der Waals surface area contributed by atoms with E-state index in [0.29, 0.717) is 31.6 Å². The number of nitrogens with one attached hydrogen (secondary N) is 1. The molecule has 11 heteroatoms. The van der Waals surface area contributed by atoms with Crippen LogP contribution in [-0.4, -0.2) is 39.1 Å². The van der Waals surface area contributed by atoms with Crippen LogP contribution in [0, 0.1) is 11.6 Å². The van der Waals surface area contributed by atoms with E-state index >= 15 is 0 Å². The summed E-state index contributed by atoms with van der Waals surface area (Å²) >= 11 is 7.85. The lowest BCUT2D eigenvalue weighted by Gasteiger charge is -2.19. The fraction of sp³-hybridized carbons (Fsp3) is 0.214. The summed E-state index contributed by atoms with van der Waals surface area (Å²) in [5.74, 6) is -3.00. The number of thiocarbonyl (C=S) groups is 1. The number of benzene rings is 2. The number of nitrogens with zero attached hydrogens (tertiary/aromatic N) is 1. The maximum absolute atomic E-state index is 13.6. The Kier molecular flexibility index (Phi) is 8.63. The minimum Gasteiger partial charge on any atom is -0.456 e. The van der Waals surface area contributed by atoms with Crippen molar-refractivity contribution in [2.24, 2.45) is 0 Å². The molecule has 1 aliphatic heterocycles. The standard InChI is InChI=1S/C28H24F2N2O4S3/c1-28(2,3)36-26(35)17-5-4-6-19(11-17)31-24(33)9-10-32-25(34)23(39-27(32)37)14-20-12-18(15-38-20)16-7-8-21(29)22(30)13-16/h4-8,11-15H,9-10H2,1-3H3,(H,31,33)/b23-14-. The van der Waals surface area contributed by atoms with Crippen molar-refractivity contribution in [2.75, 3.05) is 11.9 Å². The number of hydrogen-bond acceptors (Lipinski definition) is 7. The maximum Gasteiger partial charge on any atom is 0.338 e. The quantitative estimate of drug-likeness (QED) is 0.185. The van der Waals surface area contributed by atoms with Gasteiger partial charge in [-0.2, -0.15) is 0 Å². The summed E-state index contributed by atoms with van der Waals surface area (Å²) in [6.07, 6.45) is 1.69. The topological polar surface area (TPSA) is 75.7 Å². The first-order chi connectivity index (χ1) is 18.4. The summed E-state index contributed by atoms with van der Waals surface area (Å²) in [5, 5.41) is 4.53. The third-order valence-corrected chi connectivity index (χ3v) is 7.62. The van der Waals surface area contributed by atoms with Gasteiger partial charge in [-0.3, -0.25) is 14.5 Å². The largest absolute Gasteiger partial charge is 0.456 e. The van der Waals surface area contributed by atoms with Crippen LogP contribution in [-0.2, 0) is 14.3 Å². The highest BCUT2D eigenvalue weighted by Crippen LogP contribution is 2.35. The predicted molar refractivity (Wildman–Crippen MR) is 154 cm³/mol. The summed E-state index contributed by atoms with van der Waals surface area (Å²) in [6.45, 7) is 5.40. The fourth-order valence-corrected chi connectivity index (χ4v) is 5.80. The van der Waals surface area contributed by atoms with E-state index in [1.54, 1.807) is 56.5 Å². The zero-order chi connectivity index (χ0) is 28.3. The van der Waals surface area contributed by atoms with Crippen molar-refractivity contribution in [1.29, 1.82) is 0 Å². The molecule has 0 unspecified atom stereocenters. The van der Waals surface area contributed by atoms with Crippen molar-refractivity contribution in [3.8, 4) is 11.1 Å². The average molecular weight is 587 g/mol. The van der Waals surface area contributed by atoms with E-state index in [9.17, 15) is 23.2 Å². The Morgan fingerprint density at radius 1 is 1.08 bits per heavy atom. The lowest BCUT2D eigenvalue weighted by Crippen LogP contribution is -2.31. The molecule has 39 heavy (non-hydrogen) atoms. The summed E-state index contributed by atoms with van der Waals surface area (Å²) in [6, 6.07) is 11.9. The molecule has 0 aliphatic carbocycles. The van der Waals surface area contributed by atoms with Gasteiger partial charge in [-0.05, 0) is 79.8 Å². The molecular weight excluding hydrogens is 563 g/mol. The van der Waals surface area contributed by atoms with Gasteiger partial charge in [-0.25, -0.2) is 13.6 Å². The normalized spacial score (nSPS) is 14.7. The predicted octanol–water partition coefficient (Wildman–Crippen LogP) is 6.88. The highest BCUT2D eigenvalue weighted by molar-refractivity contribution is 8.26. The van der Waals surface area contributed by atoms with Crippen molar-refractivity contribution in [1.82, 2.24) is 4.90 Å². The van der Waals surface area contributed by atoms with E-state index in [2.05, 4.69) is 5.32 Å². The molecule has 1 saturated heterocycles. The maximum atomic E-state index is 13.6. The Morgan fingerprint density at radius 2 is 1.85 bits per heavy atom. The number of carbonyl (C=O) groups excluding carboxylic acids is 3. The van der Waals surface area contributed by atoms with Gasteiger partial charge in [0, 0.05) is 23.5 Å². The van der Waals surface area contributed by atoms with E-state index in [1.165, 1.54) is 28.4 Å². The zero-order valence-electron chi connectivity index (χ0n) is 21.2. The molecule has 1 aromatic heterocycles. The van der Waals surface area contributed by atoms with Crippen molar-refractivity contribution in [3.63, 3.8) is 0 Å². The molecule has 1 fully saturated rings. The number of thioether (sulfide) groups is 1. The minimum atomic E-state index is -0.930. The summed E-state index contributed by atoms with van der Waals surface area (Å²) in [4.78, 5) is 40.4. The van der Waals surface area contributed by atoms with Crippen LogP contribution < -0.4 is 5.32 Å². The van der Waals surface area contributed by atoms with Crippen LogP contribution in [0.3, 0.4) is 0 Å². The Balaban J connectivity index is 1.36. The van der Waals surface area contributed by atoms with Crippen LogP contribution in [0.4, 0.5) is 14.5 Å². The molecule has 2 aromatic carbocycles. The van der Waals surface area contributed by atoms with Crippen molar-refractivity contribution in [3.05, 3.63) is 80.9 Å². The summed E-state index contributed by atoms with van der Waals surface area (Å²) in [7, 11) is 0. The number of thiophene rings is 1. The van der Waals surface area contributed by atoms with Crippen LogP contribution >= 0.6 is 35.3 Å². The fourth-order valence-electron chi connectivity index (χ4n) is 3.58. The first-order valence-electron chi connectivity index (χ1n) is 11.8. The van der Waals surface area contributed by atoms with E-state index in [4.69, 9.17) is 17.0 Å². The lowest BCUT2D eigenvalue weighted by atomic mass is 10.1. The zero-order valence-corrected chi connectivity index (χ0v) is 23.7. The van der Waals surface area contributed by atoms with Gasteiger partial charge in [-0.1, -0.05) is 36.1 Å². The highest BCUT2D eigenvalue weighted by atomic mass is 32.2. The molecule has 202 valence electrons. The molecule has 2 heterocycles. The SMILES string of the molecule is CC(C)(C)OC(=O)c1cccc(NC(=O)CCN2C(=O)/C(=C/c3cc(-c4ccc(F)c(F)c4)cs3)SC2=S)c1. The van der Waals surface area contributed by atoms with Gasteiger partial charge in [0.25, 0.3) is 5.91 Å². The number of halogens is 2. The van der Waals surface area contributed by atoms with Gasteiger partial charge in [0.1, 0.15) is 9.92 Å². The van der Waals surface area contributed by atoms with Crippen LogP contribution in [0.1, 0.15) is 42.4 Å². The van der Waals surface area contributed by atoms with Crippen molar-refractivity contribution in [2.45, 2.75) is 32.8 Å². The van der Waals surface area contributed by atoms with E-state index in [1.807, 2.05) is 0 Å². The monoisotopic (exact) mass is 586 g/mol. The number of esters is 1. The van der Waals surface area contributed by atoms with E-state index < -0.39 is 23.2 Å². The molecule has 0 saturated carbocycles. The summed E-state index contributed by atoms with van der Waals surface area (Å²) in [5.41, 5.74) is 1.33. The molecule has 0 radical (unpaired) electrons. The Morgan fingerprint density at radius 3 is 2.56 bits per heavy atom. The second-order valence-electron chi connectivity index (χ2n) is 9.58. The number of hydrogen-bond donors (Lipinski definition) is 1. The van der Waals surface area contributed by atoms with E-state index in [0.717, 1.165) is 28.8 Å². The third-order valence-electron chi connectivity index (χ3n) is 5.36. The minimum absolute atomic E-state index is 0.00430. The van der Waals surface area contributed by atoms with Gasteiger partial charge in [0.05, 0.1) is 10.5 Å². The third kappa shape index (κ3) is 7.37. The Hall–Kier alpha value is -3.41. The first kappa shape index (κ1) is 28.6. The number of rotatable bonds is 7. The van der Waals surface area contributed by atoms with Crippen LogP contribution in [0.15, 0.2) is 58.8 Å². The average Bonchev–Trinajstić information content (AvgIpc) is 3.43. The number of anilines is 1. The summed E-state index contributed by atoms with van der Waals surface area (Å²) < 4.78 is 32.5. The molecular formula is C28H24F2N2O4S3. The van der Waals surface area contributed by atoms with Gasteiger partial charge in [-0.15, -0.1) is 11.3 Å². The number of carbonyl (C=O) groups is 3. The smallest absolute Gasteiger partial charge is 0.338 e. The van der Waals surface area contributed by atoms with Crippen LogP contribution in [0.5, 0.6) is 0 Å². The molecule has 1 aliphatic rings. The van der Waals surface area contributed by atoms with Crippen molar-refractivity contribution >= 4 is 69.2 Å². The van der Waals surface area contributed by atoms with Gasteiger partial charge < -0.3 is 10.1 Å². The molecule has 0 atom stereocenters. The van der Waals surface area contributed by atoms with Crippen LogP contribution in [0.25, 0.3) is 17.2 Å². The van der Waals surface area contributed by atoms with Gasteiger partial charge in [0.2, 0.25) is 5.91 Å². The second kappa shape index (κ2) is 11.8. The molecule has 2 amide bonds. The second-order valence-corrected chi connectivity index (χ2v) is 12.2.